The molecule has 6 heteroatoms. The number of nitrogens with one attached hydrogen (secondary N) is 1. The number of halogens is 1. The Bertz CT molecular complexity index is 689. The van der Waals surface area contributed by atoms with Crippen LogP contribution in [0, 0.1) is 17.0 Å². The van der Waals surface area contributed by atoms with Crippen LogP contribution in [0.25, 0.3) is 0 Å². The van der Waals surface area contributed by atoms with Crippen molar-refractivity contribution in [2.75, 3.05) is 5.32 Å². The van der Waals surface area contributed by atoms with Crippen molar-refractivity contribution in [1.29, 1.82) is 0 Å². The van der Waals surface area contributed by atoms with Crippen molar-refractivity contribution in [3.63, 3.8) is 0 Å². The van der Waals surface area contributed by atoms with Crippen molar-refractivity contribution in [2.45, 2.75) is 19.9 Å². The van der Waals surface area contributed by atoms with Crippen LogP contribution in [0.5, 0.6) is 5.75 Å². The van der Waals surface area contributed by atoms with Crippen LogP contribution in [0.3, 0.4) is 0 Å². The SMILES string of the molecule is Cc1ccc(O)c(C(C)Nc2cc(Cl)ccc2[N+](=O)[O-])c1. The van der Waals surface area contributed by atoms with E-state index in [1.54, 1.807) is 12.1 Å². The molecule has 0 saturated carbocycles. The summed E-state index contributed by atoms with van der Waals surface area (Å²) in [7, 11) is 0. The van der Waals surface area contributed by atoms with E-state index in [1.807, 2.05) is 19.9 Å². The highest BCUT2D eigenvalue weighted by Gasteiger charge is 2.18. The number of aromatic hydroxyl groups is 1. The summed E-state index contributed by atoms with van der Waals surface area (Å²) in [5, 5.41) is 24.4. The van der Waals surface area contributed by atoms with Crippen LogP contribution in [0.1, 0.15) is 24.1 Å². The summed E-state index contributed by atoms with van der Waals surface area (Å²) < 4.78 is 0. The molecule has 0 radical (unpaired) electrons. The number of nitro groups is 1. The fraction of sp³-hybridized carbons (Fsp3) is 0.200. The highest BCUT2D eigenvalue weighted by Crippen LogP contribution is 2.33. The molecular weight excluding hydrogens is 292 g/mol. The quantitative estimate of drug-likeness (QED) is 0.647. The molecule has 0 aliphatic rings. The van der Waals surface area contributed by atoms with E-state index < -0.39 is 4.92 Å². The predicted molar refractivity (Wildman–Crippen MR) is 83.0 cm³/mol. The number of hydrogen-bond acceptors (Lipinski definition) is 4. The second-order valence-corrected chi connectivity index (χ2v) is 5.28. The molecule has 2 N–H and O–H groups in total. The van der Waals surface area contributed by atoms with E-state index in [2.05, 4.69) is 5.32 Å². The Hall–Kier alpha value is -2.27. The number of hydrogen-bond donors (Lipinski definition) is 2. The van der Waals surface area contributed by atoms with E-state index in [9.17, 15) is 15.2 Å². The average molecular weight is 307 g/mol. The number of anilines is 1. The van der Waals surface area contributed by atoms with Crippen molar-refractivity contribution in [2.24, 2.45) is 0 Å². The third-order valence-corrected chi connectivity index (χ3v) is 3.41. The molecule has 2 aromatic rings. The van der Waals surface area contributed by atoms with Gasteiger partial charge < -0.3 is 10.4 Å². The van der Waals surface area contributed by atoms with Crippen molar-refractivity contribution < 1.29 is 10.0 Å². The van der Waals surface area contributed by atoms with E-state index in [-0.39, 0.29) is 17.5 Å². The second kappa shape index (κ2) is 6.01. The molecule has 0 aliphatic carbocycles. The lowest BCUT2D eigenvalue weighted by molar-refractivity contribution is -0.384. The molecule has 2 aromatic carbocycles. The van der Waals surface area contributed by atoms with Crippen molar-refractivity contribution in [1.82, 2.24) is 0 Å². The Morgan fingerprint density at radius 2 is 2.00 bits per heavy atom. The molecule has 0 fully saturated rings. The maximum Gasteiger partial charge on any atom is 0.292 e. The standard InChI is InChI=1S/C15H15ClN2O3/c1-9-3-6-15(19)12(7-9)10(2)17-13-8-11(16)4-5-14(13)18(20)21/h3-8,10,17,19H,1-2H3. The average Bonchev–Trinajstić information content (AvgIpc) is 2.41. The number of nitro benzene ring substituents is 1. The van der Waals surface area contributed by atoms with Gasteiger partial charge in [0.25, 0.3) is 5.69 Å². The molecule has 0 heterocycles. The van der Waals surface area contributed by atoms with Crippen LogP contribution in [0.4, 0.5) is 11.4 Å². The zero-order valence-electron chi connectivity index (χ0n) is 11.6. The third-order valence-electron chi connectivity index (χ3n) is 3.18. The summed E-state index contributed by atoms with van der Waals surface area (Å²) in [5.74, 6) is 0.144. The Morgan fingerprint density at radius 3 is 2.67 bits per heavy atom. The van der Waals surface area contributed by atoms with E-state index in [4.69, 9.17) is 11.6 Å². The first kappa shape index (κ1) is 15.1. The van der Waals surface area contributed by atoms with Gasteiger partial charge in [0.1, 0.15) is 11.4 Å². The van der Waals surface area contributed by atoms with E-state index in [1.165, 1.54) is 18.2 Å². The fourth-order valence-corrected chi connectivity index (χ4v) is 2.29. The predicted octanol–water partition coefficient (Wildman–Crippen LogP) is 4.44. The summed E-state index contributed by atoms with van der Waals surface area (Å²) in [6.07, 6.45) is 0. The topological polar surface area (TPSA) is 75.4 Å². The Morgan fingerprint density at radius 1 is 1.29 bits per heavy atom. The second-order valence-electron chi connectivity index (χ2n) is 4.85. The maximum atomic E-state index is 11.0. The van der Waals surface area contributed by atoms with Crippen LogP contribution >= 0.6 is 11.6 Å². The first-order valence-electron chi connectivity index (χ1n) is 6.38. The molecule has 2 rings (SSSR count). The number of phenols is 1. The highest BCUT2D eigenvalue weighted by molar-refractivity contribution is 6.31. The molecule has 0 bridgehead atoms. The van der Waals surface area contributed by atoms with Crippen molar-refractivity contribution in [3.8, 4) is 5.75 Å². The molecule has 110 valence electrons. The Balaban J connectivity index is 2.35. The van der Waals surface area contributed by atoms with Gasteiger partial charge in [-0.2, -0.15) is 0 Å². The lowest BCUT2D eigenvalue weighted by atomic mass is 10.0. The lowest BCUT2D eigenvalue weighted by Crippen LogP contribution is -2.09. The molecular formula is C15H15ClN2O3. The summed E-state index contributed by atoms with van der Waals surface area (Å²) in [6, 6.07) is 9.27. The van der Waals surface area contributed by atoms with Gasteiger partial charge >= 0.3 is 0 Å². The molecule has 5 nitrogen and oxygen atoms in total. The first-order valence-corrected chi connectivity index (χ1v) is 6.76. The van der Waals surface area contributed by atoms with Gasteiger partial charge in [-0.15, -0.1) is 0 Å². The molecule has 0 aliphatic heterocycles. The molecule has 1 unspecified atom stereocenters. The molecule has 0 saturated heterocycles. The van der Waals surface area contributed by atoms with Crippen molar-refractivity contribution >= 4 is 23.0 Å². The summed E-state index contributed by atoms with van der Waals surface area (Å²) in [6.45, 7) is 3.73. The molecule has 0 amide bonds. The molecule has 21 heavy (non-hydrogen) atoms. The summed E-state index contributed by atoms with van der Waals surface area (Å²) in [5.41, 5.74) is 1.93. The third kappa shape index (κ3) is 3.44. The Kier molecular flexibility index (Phi) is 4.33. The van der Waals surface area contributed by atoms with Crippen LogP contribution in [0.2, 0.25) is 5.02 Å². The number of phenolic OH excluding ortho intramolecular Hbond substituents is 1. The fourth-order valence-electron chi connectivity index (χ4n) is 2.11. The van der Waals surface area contributed by atoms with Gasteiger partial charge in [-0.3, -0.25) is 10.1 Å². The van der Waals surface area contributed by atoms with Gasteiger partial charge in [-0.05, 0) is 32.0 Å². The molecule has 0 aromatic heterocycles. The largest absolute Gasteiger partial charge is 0.508 e. The Labute approximate surface area is 127 Å². The monoisotopic (exact) mass is 306 g/mol. The van der Waals surface area contributed by atoms with Crippen LogP contribution < -0.4 is 5.32 Å². The summed E-state index contributed by atoms with van der Waals surface area (Å²) >= 11 is 5.90. The van der Waals surface area contributed by atoms with Gasteiger partial charge in [0.15, 0.2) is 0 Å². The minimum atomic E-state index is -0.471. The lowest BCUT2D eigenvalue weighted by Gasteiger charge is -2.17. The zero-order chi connectivity index (χ0) is 15.6. The van der Waals surface area contributed by atoms with Gasteiger partial charge in [-0.25, -0.2) is 0 Å². The zero-order valence-corrected chi connectivity index (χ0v) is 12.4. The molecule has 0 spiro atoms. The number of rotatable bonds is 4. The minimum Gasteiger partial charge on any atom is -0.508 e. The van der Waals surface area contributed by atoms with E-state index in [0.29, 0.717) is 16.3 Å². The van der Waals surface area contributed by atoms with Gasteiger partial charge in [0, 0.05) is 16.7 Å². The normalized spacial score (nSPS) is 12.0. The number of benzene rings is 2. The van der Waals surface area contributed by atoms with E-state index >= 15 is 0 Å². The van der Waals surface area contributed by atoms with Gasteiger partial charge in [0.05, 0.1) is 11.0 Å². The maximum absolute atomic E-state index is 11.0. The van der Waals surface area contributed by atoms with Gasteiger partial charge in [-0.1, -0.05) is 29.3 Å². The smallest absolute Gasteiger partial charge is 0.292 e. The minimum absolute atomic E-state index is 0.0570. The van der Waals surface area contributed by atoms with Crippen LogP contribution in [0.15, 0.2) is 36.4 Å². The van der Waals surface area contributed by atoms with E-state index in [0.717, 1.165) is 5.56 Å². The summed E-state index contributed by atoms with van der Waals surface area (Å²) in [4.78, 5) is 10.6. The van der Waals surface area contributed by atoms with Crippen molar-refractivity contribution in [3.05, 3.63) is 62.7 Å². The number of aryl methyl sites for hydroxylation is 1. The molecule has 1 atom stereocenters. The first-order chi connectivity index (χ1) is 9.88. The highest BCUT2D eigenvalue weighted by atomic mass is 35.5. The van der Waals surface area contributed by atoms with Gasteiger partial charge in [0.2, 0.25) is 0 Å². The van der Waals surface area contributed by atoms with Crippen LogP contribution in [-0.4, -0.2) is 10.0 Å². The number of nitrogens with zero attached hydrogens (tertiary/aromatic N) is 1. The van der Waals surface area contributed by atoms with Crippen LogP contribution in [-0.2, 0) is 0 Å².